The van der Waals surface area contributed by atoms with Gasteiger partial charge in [-0.25, -0.2) is 35.4 Å². The number of hydrogen-bond donors (Lipinski definition) is 1. The Morgan fingerprint density at radius 2 is 1.81 bits per heavy atom. The van der Waals surface area contributed by atoms with E-state index in [9.17, 15) is 48.0 Å². The monoisotopic (exact) mass is 760 g/mol. The molecule has 0 aromatic heterocycles. The number of nitrogens with zero attached hydrogens (tertiary/aromatic N) is 3. The van der Waals surface area contributed by atoms with E-state index in [1.165, 1.54) is 19.2 Å². The van der Waals surface area contributed by atoms with Crippen molar-refractivity contribution in [3.8, 4) is 0 Å². The van der Waals surface area contributed by atoms with Crippen molar-refractivity contribution in [1.29, 1.82) is 0 Å². The Balaban J connectivity index is 1.93. The van der Waals surface area contributed by atoms with Gasteiger partial charge in [0.05, 0.1) is 14.8 Å². The summed E-state index contributed by atoms with van der Waals surface area (Å²) in [6.45, 7) is 2.81. The maximum absolute atomic E-state index is 14.6. The van der Waals surface area contributed by atoms with Crippen LogP contribution in [0.1, 0.15) is 31.4 Å². The van der Waals surface area contributed by atoms with E-state index in [2.05, 4.69) is 10.1 Å². The molecule has 3 rings (SSSR count). The second kappa shape index (κ2) is 16.0. The minimum atomic E-state index is -5.07. The second-order valence-corrected chi connectivity index (χ2v) is 15.3. The number of halogens is 8. The van der Waals surface area contributed by atoms with Crippen LogP contribution in [0.15, 0.2) is 79.5 Å². The fourth-order valence-electron chi connectivity index (χ4n) is 4.52. The third-order valence-corrected chi connectivity index (χ3v) is 10.3. The molecule has 1 aliphatic rings. The lowest BCUT2D eigenvalue weighted by molar-refractivity contribution is -0.124. The Morgan fingerprint density at radius 1 is 1.12 bits per heavy atom. The van der Waals surface area contributed by atoms with Crippen LogP contribution >= 0.6 is 22.3 Å². The molecule has 9 nitrogen and oxygen atoms in total. The minimum Gasteiger partial charge on any atom is -0.292 e. The number of carbonyl (C=O) groups is 1. The molecule has 19 heteroatoms. The van der Waals surface area contributed by atoms with Crippen LogP contribution in [0.4, 0.5) is 26.3 Å². The van der Waals surface area contributed by atoms with Crippen molar-refractivity contribution < 1.29 is 48.0 Å². The highest BCUT2D eigenvalue weighted by Crippen LogP contribution is 2.32. The lowest BCUT2D eigenvalue weighted by Crippen LogP contribution is -2.45. The summed E-state index contributed by atoms with van der Waals surface area (Å²) in [5, 5.41) is 3.28. The Bertz CT molecular complexity index is 1870. The Kier molecular flexibility index (Phi) is 13.0. The van der Waals surface area contributed by atoms with E-state index in [1.54, 1.807) is 12.3 Å². The van der Waals surface area contributed by atoms with Crippen molar-refractivity contribution in [2.45, 2.75) is 54.9 Å². The van der Waals surface area contributed by atoms with Crippen LogP contribution in [0.25, 0.3) is 0 Å². The topological polar surface area (TPSA) is 125 Å². The van der Waals surface area contributed by atoms with Gasteiger partial charge in [0.25, 0.3) is 15.0 Å². The molecule has 1 amide bonds. The number of alkyl halides is 4. The van der Waals surface area contributed by atoms with Crippen LogP contribution in [0.3, 0.4) is 0 Å². The van der Waals surface area contributed by atoms with E-state index in [0.717, 1.165) is 42.5 Å². The van der Waals surface area contributed by atoms with E-state index in [1.807, 2.05) is 0 Å². The first-order chi connectivity index (χ1) is 22.2. The number of nitrogens with one attached hydrogen (secondary N) is 1. The summed E-state index contributed by atoms with van der Waals surface area (Å²) in [5.41, 5.74) is -0.699. The molecule has 1 saturated heterocycles. The van der Waals surface area contributed by atoms with Gasteiger partial charge in [0.2, 0.25) is 10.0 Å². The highest BCUT2D eigenvalue weighted by atomic mass is 35.7. The average molecular weight is 762 g/mol. The number of sulfonamides is 1. The van der Waals surface area contributed by atoms with Crippen LogP contribution in [-0.4, -0.2) is 70.5 Å². The molecule has 3 atom stereocenters. The van der Waals surface area contributed by atoms with Crippen molar-refractivity contribution in [3.63, 3.8) is 0 Å². The first-order valence-electron chi connectivity index (χ1n) is 13.9. The summed E-state index contributed by atoms with van der Waals surface area (Å²) >= 11 is 5.95. The molecule has 262 valence electrons. The molecule has 1 N–H and O–H groups in total. The molecule has 1 fully saturated rings. The van der Waals surface area contributed by atoms with Gasteiger partial charge in [-0.15, -0.1) is 0 Å². The quantitative estimate of drug-likeness (QED) is 0.123. The van der Waals surface area contributed by atoms with Gasteiger partial charge in [-0.1, -0.05) is 30.7 Å². The minimum absolute atomic E-state index is 0.169. The zero-order chi connectivity index (χ0) is 36.0. The van der Waals surface area contributed by atoms with Gasteiger partial charge in [-0.05, 0) is 66.4 Å². The van der Waals surface area contributed by atoms with Gasteiger partial charge >= 0.3 is 6.18 Å². The van der Waals surface area contributed by atoms with Crippen LogP contribution in [0, 0.1) is 17.6 Å². The molecule has 1 aliphatic heterocycles. The first kappa shape index (κ1) is 39.2. The fourth-order valence-corrected chi connectivity index (χ4v) is 7.42. The highest BCUT2D eigenvalue weighted by molar-refractivity contribution is 8.13. The molecule has 2 aromatic carbocycles. The average Bonchev–Trinajstić information content (AvgIpc) is 3.38. The number of hydrazone groups is 1. The molecular weight excluding hydrogens is 733 g/mol. The van der Waals surface area contributed by atoms with Gasteiger partial charge in [-0.2, -0.15) is 22.6 Å². The number of aliphatic imine (C=N–C) groups is 1. The summed E-state index contributed by atoms with van der Waals surface area (Å²) in [6.07, 6.45) is -4.05. The Morgan fingerprint density at radius 3 is 2.44 bits per heavy atom. The predicted octanol–water partition coefficient (Wildman–Crippen LogP) is 6.02. The number of hydrogen-bond acceptors (Lipinski definition) is 7. The van der Waals surface area contributed by atoms with Crippen LogP contribution in [0.5, 0.6) is 0 Å². The summed E-state index contributed by atoms with van der Waals surface area (Å²) in [7, 11) is -3.92. The van der Waals surface area contributed by atoms with Crippen molar-refractivity contribution >= 4 is 59.2 Å². The molecule has 0 saturated carbocycles. The highest BCUT2D eigenvalue weighted by Gasteiger charge is 2.45. The first-order valence-corrected chi connectivity index (χ1v) is 18.0. The SMILES string of the molecule is CCN=C/C(Cl)=C/C(C)/C=C\C(=N/NC(=O)[C@@H]1C[C@@H](F)CN1S(=O)(=O)c1ccc(F)cc1Cc1cc(S(=O)(=O)Cl)ccc1F)C(F)(F)F. The van der Waals surface area contributed by atoms with E-state index in [4.69, 9.17) is 22.3 Å². The van der Waals surface area contributed by atoms with Crippen molar-refractivity contribution in [1.82, 2.24) is 9.73 Å². The van der Waals surface area contributed by atoms with Crippen LogP contribution in [0.2, 0.25) is 0 Å². The maximum Gasteiger partial charge on any atom is 0.435 e. The van der Waals surface area contributed by atoms with Gasteiger partial charge < -0.3 is 0 Å². The van der Waals surface area contributed by atoms with Crippen LogP contribution < -0.4 is 5.43 Å². The standard InChI is InChI=1S/C29H28Cl2F6N4O5S2/c1-3-38-15-20(30)10-17(2)4-9-27(29(35,36)37)39-40-28(42)25-14-22(33)16-41(25)48(45,46)26-8-5-21(32)12-19(26)11-18-13-23(47(31,43)44)6-7-24(18)34/h4-10,12-13,15,17,22,25H,3,11,14,16H2,1-2H3,(H,40,42)/b9-4-,20-10-,38-15?,39-27+/t17?,22-,25+/m1/s1. The largest absolute Gasteiger partial charge is 0.435 e. The molecule has 0 bridgehead atoms. The zero-order valence-corrected chi connectivity index (χ0v) is 28.2. The number of amides is 1. The molecule has 1 unspecified atom stereocenters. The van der Waals surface area contributed by atoms with Crippen molar-refractivity contribution in [2.24, 2.45) is 16.0 Å². The maximum atomic E-state index is 14.6. The molecule has 0 spiro atoms. The van der Waals surface area contributed by atoms with Gasteiger partial charge in [0.1, 0.15) is 23.8 Å². The van der Waals surface area contributed by atoms with Crippen LogP contribution in [-0.2, 0) is 30.3 Å². The zero-order valence-electron chi connectivity index (χ0n) is 25.1. The lowest BCUT2D eigenvalue weighted by atomic mass is 10.0. The lowest BCUT2D eigenvalue weighted by Gasteiger charge is -2.24. The Hall–Kier alpha value is -3.25. The number of benzene rings is 2. The van der Waals surface area contributed by atoms with E-state index >= 15 is 0 Å². The summed E-state index contributed by atoms with van der Waals surface area (Å²) in [4.78, 5) is 15.7. The molecule has 48 heavy (non-hydrogen) atoms. The molecule has 2 aromatic rings. The molecular formula is C29H28Cl2F6N4O5S2. The number of carbonyl (C=O) groups excluding carboxylic acids is 1. The normalized spacial score (nSPS) is 19.4. The van der Waals surface area contributed by atoms with Crippen molar-refractivity contribution in [3.05, 3.63) is 82.4 Å². The van der Waals surface area contributed by atoms with Crippen molar-refractivity contribution in [2.75, 3.05) is 13.1 Å². The molecule has 1 heterocycles. The van der Waals surface area contributed by atoms with E-state index in [0.29, 0.717) is 16.9 Å². The number of rotatable bonds is 12. The Labute approximate surface area is 282 Å². The summed E-state index contributed by atoms with van der Waals surface area (Å²) < 4.78 is 136. The number of allylic oxidation sites excluding steroid dienone is 4. The smallest absolute Gasteiger partial charge is 0.292 e. The molecule has 0 radical (unpaired) electrons. The predicted molar refractivity (Wildman–Crippen MR) is 169 cm³/mol. The third kappa shape index (κ3) is 10.4. The van der Waals surface area contributed by atoms with Gasteiger partial charge in [-0.3, -0.25) is 9.79 Å². The molecule has 0 aliphatic carbocycles. The van der Waals surface area contributed by atoms with E-state index < -0.39 is 101 Å². The van der Waals surface area contributed by atoms with Gasteiger partial charge in [0.15, 0.2) is 5.71 Å². The second-order valence-electron chi connectivity index (χ2n) is 10.4. The van der Waals surface area contributed by atoms with Gasteiger partial charge in [0, 0.05) is 42.8 Å². The summed E-state index contributed by atoms with van der Waals surface area (Å²) in [6, 6.07) is 2.78. The van der Waals surface area contributed by atoms with E-state index in [-0.39, 0.29) is 10.6 Å². The fraction of sp³-hybridized carbons (Fsp3) is 0.345. The summed E-state index contributed by atoms with van der Waals surface area (Å²) in [5.74, 6) is -3.98. The third-order valence-electron chi connectivity index (χ3n) is 6.75.